The highest BCUT2D eigenvalue weighted by atomic mass is 35.5. The lowest BCUT2D eigenvalue weighted by Gasteiger charge is -2.13. The van der Waals surface area contributed by atoms with Gasteiger partial charge in [-0.25, -0.2) is 0 Å². The first kappa shape index (κ1) is 10.0. The smallest absolute Gasteiger partial charge is 0.306 e. The van der Waals surface area contributed by atoms with Gasteiger partial charge in [-0.15, -0.1) is 23.2 Å². The van der Waals surface area contributed by atoms with Crippen LogP contribution in [-0.2, 0) is 4.79 Å². The van der Waals surface area contributed by atoms with E-state index in [1.165, 1.54) is 0 Å². The summed E-state index contributed by atoms with van der Waals surface area (Å²) < 4.78 is 0. The summed E-state index contributed by atoms with van der Waals surface area (Å²) >= 11 is 10.9. The number of hydrogen-bond acceptors (Lipinski definition) is 1. The van der Waals surface area contributed by atoms with Crippen LogP contribution in [0.3, 0.4) is 0 Å². The second-order valence-corrected chi connectivity index (χ2v) is 2.81. The molecule has 0 spiro atoms. The predicted molar refractivity (Wildman–Crippen MR) is 41.7 cm³/mol. The monoisotopic (exact) mass is 184 g/mol. The maximum atomic E-state index is 10.3. The third kappa shape index (κ3) is 2.76. The van der Waals surface area contributed by atoms with Crippen LogP contribution in [-0.4, -0.2) is 22.8 Å². The van der Waals surface area contributed by atoms with E-state index in [1.807, 2.05) is 0 Å². The summed E-state index contributed by atoms with van der Waals surface area (Å²) in [6, 6.07) is 0. The number of aliphatic carboxylic acids is 1. The lowest BCUT2D eigenvalue weighted by atomic mass is 9.98. The minimum atomic E-state index is -0.841. The molecule has 4 heteroatoms. The second kappa shape index (κ2) is 4.80. The fourth-order valence-electron chi connectivity index (χ4n) is 0.510. The van der Waals surface area contributed by atoms with E-state index >= 15 is 0 Å². The SMILES string of the molecule is CC(C(=O)O)C(CCl)CCl. The van der Waals surface area contributed by atoms with Crippen molar-refractivity contribution >= 4 is 29.2 Å². The molecule has 2 nitrogen and oxygen atoms in total. The lowest BCUT2D eigenvalue weighted by Crippen LogP contribution is -2.23. The Kier molecular flexibility index (Phi) is 4.83. The number of carboxylic acids is 1. The molecule has 0 aromatic carbocycles. The van der Waals surface area contributed by atoms with Crippen molar-refractivity contribution in [3.63, 3.8) is 0 Å². The largest absolute Gasteiger partial charge is 0.481 e. The van der Waals surface area contributed by atoms with Gasteiger partial charge in [0.1, 0.15) is 0 Å². The van der Waals surface area contributed by atoms with Crippen molar-refractivity contribution in [1.82, 2.24) is 0 Å². The zero-order valence-corrected chi connectivity index (χ0v) is 7.19. The Hall–Kier alpha value is 0.0500. The molecule has 0 aliphatic rings. The fraction of sp³-hybridized carbons (Fsp3) is 0.833. The Bertz CT molecular complexity index is 112. The van der Waals surface area contributed by atoms with Crippen LogP contribution in [0.1, 0.15) is 6.92 Å². The molecule has 1 atom stereocenters. The van der Waals surface area contributed by atoms with Crippen LogP contribution in [0.4, 0.5) is 0 Å². The first-order chi connectivity index (χ1) is 4.63. The van der Waals surface area contributed by atoms with Crippen LogP contribution in [0, 0.1) is 11.8 Å². The molecule has 0 radical (unpaired) electrons. The van der Waals surface area contributed by atoms with E-state index in [-0.39, 0.29) is 5.92 Å². The first-order valence-electron chi connectivity index (χ1n) is 2.98. The third-order valence-corrected chi connectivity index (χ3v) is 2.29. The van der Waals surface area contributed by atoms with E-state index in [1.54, 1.807) is 6.92 Å². The average Bonchev–Trinajstić information content (AvgIpc) is 1.90. The summed E-state index contributed by atoms with van der Waals surface area (Å²) in [5.41, 5.74) is 0. The minimum absolute atomic E-state index is 0.124. The van der Waals surface area contributed by atoms with E-state index < -0.39 is 11.9 Å². The van der Waals surface area contributed by atoms with Crippen LogP contribution < -0.4 is 0 Å². The quantitative estimate of drug-likeness (QED) is 0.678. The molecule has 0 aliphatic heterocycles. The van der Waals surface area contributed by atoms with Gasteiger partial charge in [0.15, 0.2) is 0 Å². The van der Waals surface area contributed by atoms with Gasteiger partial charge in [-0.3, -0.25) is 4.79 Å². The van der Waals surface area contributed by atoms with Gasteiger partial charge in [0.2, 0.25) is 0 Å². The van der Waals surface area contributed by atoms with Crippen molar-refractivity contribution in [3.05, 3.63) is 0 Å². The molecule has 1 unspecified atom stereocenters. The van der Waals surface area contributed by atoms with Gasteiger partial charge >= 0.3 is 5.97 Å². The molecular formula is C6H10Cl2O2. The van der Waals surface area contributed by atoms with Crippen molar-refractivity contribution in [2.75, 3.05) is 11.8 Å². The highest BCUT2D eigenvalue weighted by Gasteiger charge is 2.21. The van der Waals surface area contributed by atoms with E-state index in [4.69, 9.17) is 28.3 Å². The molecule has 1 N–H and O–H groups in total. The van der Waals surface area contributed by atoms with Gasteiger partial charge in [0.05, 0.1) is 5.92 Å². The number of halogens is 2. The van der Waals surface area contributed by atoms with E-state index in [2.05, 4.69) is 0 Å². The average molecular weight is 185 g/mol. The van der Waals surface area contributed by atoms with E-state index in [0.29, 0.717) is 11.8 Å². The number of carboxylic acid groups (broad SMARTS) is 1. The fourth-order valence-corrected chi connectivity index (χ4v) is 1.37. The van der Waals surface area contributed by atoms with Gasteiger partial charge < -0.3 is 5.11 Å². The Labute approximate surface area is 70.1 Å². The van der Waals surface area contributed by atoms with Gasteiger partial charge in [0, 0.05) is 11.8 Å². The Morgan fingerprint density at radius 3 is 2.00 bits per heavy atom. The summed E-state index contributed by atoms with van der Waals surface area (Å²) in [6.45, 7) is 1.61. The summed E-state index contributed by atoms with van der Waals surface area (Å²) in [5.74, 6) is -0.810. The van der Waals surface area contributed by atoms with Crippen molar-refractivity contribution in [2.45, 2.75) is 6.92 Å². The maximum Gasteiger partial charge on any atom is 0.306 e. The molecule has 10 heavy (non-hydrogen) atoms. The zero-order valence-electron chi connectivity index (χ0n) is 5.68. The maximum absolute atomic E-state index is 10.3. The molecule has 60 valence electrons. The minimum Gasteiger partial charge on any atom is -0.481 e. The van der Waals surface area contributed by atoms with E-state index in [9.17, 15) is 4.79 Å². The van der Waals surface area contributed by atoms with Crippen LogP contribution in [0.25, 0.3) is 0 Å². The van der Waals surface area contributed by atoms with Gasteiger partial charge in [-0.05, 0) is 5.92 Å². The molecule has 0 saturated heterocycles. The van der Waals surface area contributed by atoms with Crippen molar-refractivity contribution < 1.29 is 9.90 Å². The molecular weight excluding hydrogens is 175 g/mol. The van der Waals surface area contributed by atoms with Crippen LogP contribution in [0.15, 0.2) is 0 Å². The summed E-state index contributed by atoms with van der Waals surface area (Å²) in [4.78, 5) is 10.3. The molecule has 0 aromatic rings. The van der Waals surface area contributed by atoms with Crippen LogP contribution in [0.5, 0.6) is 0 Å². The summed E-state index contributed by atoms with van der Waals surface area (Å²) in [6.07, 6.45) is 0. The Morgan fingerprint density at radius 2 is 1.90 bits per heavy atom. The zero-order chi connectivity index (χ0) is 8.15. The highest BCUT2D eigenvalue weighted by Crippen LogP contribution is 2.14. The number of carbonyl (C=O) groups is 1. The van der Waals surface area contributed by atoms with Crippen LogP contribution >= 0.6 is 23.2 Å². The Balaban J connectivity index is 3.88. The molecule has 0 aromatic heterocycles. The highest BCUT2D eigenvalue weighted by molar-refractivity contribution is 6.21. The molecule has 0 bridgehead atoms. The van der Waals surface area contributed by atoms with Gasteiger partial charge in [-0.1, -0.05) is 6.92 Å². The Morgan fingerprint density at radius 1 is 1.50 bits per heavy atom. The van der Waals surface area contributed by atoms with Crippen LogP contribution in [0.2, 0.25) is 0 Å². The van der Waals surface area contributed by atoms with Gasteiger partial charge in [0.25, 0.3) is 0 Å². The number of alkyl halides is 2. The molecule has 0 heterocycles. The van der Waals surface area contributed by atoms with Crippen molar-refractivity contribution in [3.8, 4) is 0 Å². The van der Waals surface area contributed by atoms with E-state index in [0.717, 1.165) is 0 Å². The second-order valence-electron chi connectivity index (χ2n) is 2.20. The summed E-state index contributed by atoms with van der Waals surface area (Å²) in [7, 11) is 0. The standard InChI is InChI=1S/C6H10Cl2O2/c1-4(6(9)10)5(2-7)3-8/h4-5H,2-3H2,1H3,(H,9,10). The first-order valence-corrected chi connectivity index (χ1v) is 4.05. The molecule has 0 aliphatic carbocycles. The summed E-state index contributed by atoms with van der Waals surface area (Å²) in [5, 5.41) is 8.50. The molecule has 0 fully saturated rings. The van der Waals surface area contributed by atoms with Crippen molar-refractivity contribution in [2.24, 2.45) is 11.8 Å². The normalized spacial score (nSPS) is 13.6. The molecule has 0 saturated carbocycles. The topological polar surface area (TPSA) is 37.3 Å². The predicted octanol–water partition coefficient (Wildman–Crippen LogP) is 1.80. The molecule has 0 amide bonds. The number of hydrogen-bond donors (Lipinski definition) is 1. The third-order valence-electron chi connectivity index (χ3n) is 1.49. The molecule has 0 rings (SSSR count). The van der Waals surface area contributed by atoms with Crippen molar-refractivity contribution in [1.29, 1.82) is 0 Å². The lowest BCUT2D eigenvalue weighted by molar-refractivity contribution is -0.142. The van der Waals surface area contributed by atoms with Gasteiger partial charge in [-0.2, -0.15) is 0 Å². The number of rotatable bonds is 4.